The normalized spacial score (nSPS) is 43.5. The lowest BCUT2D eigenvalue weighted by molar-refractivity contribution is -0.0791. The van der Waals surface area contributed by atoms with E-state index in [1.165, 1.54) is 38.5 Å². The molecule has 0 bridgehead atoms. The Morgan fingerprint density at radius 1 is 1.10 bits per heavy atom. The minimum atomic E-state index is -0.173. The largest absolute Gasteiger partial charge is 0.445 e. The highest BCUT2D eigenvalue weighted by Gasteiger charge is 2.60. The Balaban J connectivity index is 1.11. The molecule has 41 heavy (non-hydrogen) atoms. The van der Waals surface area contributed by atoms with Gasteiger partial charge in [-0.3, -0.25) is 0 Å². The first kappa shape index (κ1) is 27.7. The zero-order chi connectivity index (χ0) is 28.5. The van der Waals surface area contributed by atoms with E-state index in [-0.39, 0.29) is 23.8 Å². The number of ether oxygens (including phenoxy) is 2. The van der Waals surface area contributed by atoms with Crippen molar-refractivity contribution < 1.29 is 14.3 Å². The van der Waals surface area contributed by atoms with E-state index >= 15 is 0 Å². The van der Waals surface area contributed by atoms with Gasteiger partial charge in [0, 0.05) is 12.5 Å². The average Bonchev–Trinajstić information content (AvgIpc) is 3.42. The minimum absolute atomic E-state index is 0.101. The molecule has 0 aromatic heterocycles. The van der Waals surface area contributed by atoms with Gasteiger partial charge >= 0.3 is 6.09 Å². The topological polar surface area (TPSA) is 38.8 Å². The fourth-order valence-electron chi connectivity index (χ4n) is 10.8. The molecule has 0 N–H and O–H groups in total. The first-order valence-corrected chi connectivity index (χ1v) is 16.7. The van der Waals surface area contributed by atoms with Crippen LogP contribution in [0, 0.1) is 40.9 Å². The minimum Gasteiger partial charge on any atom is -0.445 e. The lowest BCUT2D eigenvalue weighted by atomic mass is 9.53. The van der Waals surface area contributed by atoms with Crippen LogP contribution in [0.15, 0.2) is 53.1 Å². The van der Waals surface area contributed by atoms with Gasteiger partial charge in [-0.25, -0.2) is 4.79 Å². The van der Waals surface area contributed by atoms with Gasteiger partial charge in [-0.05, 0) is 112 Å². The third-order valence-corrected chi connectivity index (χ3v) is 13.0. The lowest BCUT2D eigenvalue weighted by Gasteiger charge is -2.51. The van der Waals surface area contributed by atoms with Gasteiger partial charge in [0.1, 0.15) is 6.61 Å². The molecule has 0 unspecified atom stereocenters. The first-order chi connectivity index (χ1) is 19.7. The van der Waals surface area contributed by atoms with Crippen molar-refractivity contribution in [3.8, 4) is 0 Å². The zero-order valence-corrected chi connectivity index (χ0v) is 26.0. The average molecular weight is 558 g/mol. The van der Waals surface area contributed by atoms with Crippen molar-refractivity contribution in [1.82, 2.24) is 4.90 Å². The second kappa shape index (κ2) is 10.3. The Bertz CT molecular complexity index is 1240. The number of carbonyl (C=O) groups is 1. The van der Waals surface area contributed by atoms with Gasteiger partial charge in [-0.2, -0.15) is 0 Å². The second-order valence-electron chi connectivity index (χ2n) is 15.3. The molecule has 1 aromatic rings. The predicted molar refractivity (Wildman–Crippen MR) is 163 cm³/mol. The maximum atomic E-state index is 13.5. The van der Waals surface area contributed by atoms with Crippen LogP contribution in [0.3, 0.4) is 0 Å². The summed E-state index contributed by atoms with van der Waals surface area (Å²) in [6.45, 7) is 13.1. The molecule has 1 aromatic carbocycles. The Labute approximate surface area is 247 Å². The van der Waals surface area contributed by atoms with Crippen LogP contribution in [0.5, 0.6) is 0 Å². The third kappa shape index (κ3) is 4.53. The molecule has 1 spiro atoms. The van der Waals surface area contributed by atoms with E-state index in [4.69, 9.17) is 9.47 Å². The third-order valence-electron chi connectivity index (χ3n) is 13.0. The number of nitrogens with zero attached hydrogens (tertiary/aromatic N) is 1. The van der Waals surface area contributed by atoms with Gasteiger partial charge in [0.2, 0.25) is 0 Å². The molecule has 2 saturated heterocycles. The van der Waals surface area contributed by atoms with E-state index in [0.717, 1.165) is 55.0 Å². The number of rotatable bonds is 2. The van der Waals surface area contributed by atoms with Crippen LogP contribution in [0.1, 0.15) is 98.0 Å². The highest BCUT2D eigenvalue weighted by Crippen LogP contribution is 2.65. The predicted octanol–water partition coefficient (Wildman–Crippen LogP) is 8.72. The van der Waals surface area contributed by atoms with Gasteiger partial charge in [0.15, 0.2) is 0 Å². The standard InChI is InChI=1S/C37H51NO3/c1-23-13-15-36(5)28(17-23)11-12-30-29-14-16-37(20-25(3)31(29)19-32(30)36)26(4)34-33(41-37)18-24(2)21-38(34)35(39)40-22-27-9-7-6-8-10-27/h6-10,17,24,26,28-30,32-34H,11-16,18-22H2,1-5H3/t24-,26+,28+,29-,30-,32-,33+,34-,36-,37-/m0/s1. The molecule has 4 nitrogen and oxygen atoms in total. The molecular formula is C37H51NO3. The van der Waals surface area contributed by atoms with E-state index in [2.05, 4.69) is 40.7 Å². The first-order valence-electron chi connectivity index (χ1n) is 16.7. The molecule has 222 valence electrons. The molecule has 4 fully saturated rings. The van der Waals surface area contributed by atoms with E-state index in [1.54, 1.807) is 16.7 Å². The van der Waals surface area contributed by atoms with Crippen molar-refractivity contribution in [3.63, 3.8) is 0 Å². The van der Waals surface area contributed by atoms with Crippen LogP contribution in [-0.4, -0.2) is 35.3 Å². The van der Waals surface area contributed by atoms with Gasteiger partial charge in [-0.15, -0.1) is 0 Å². The number of fused-ring (bicyclic) bond motifs is 6. The quantitative estimate of drug-likeness (QED) is 0.341. The van der Waals surface area contributed by atoms with Crippen molar-refractivity contribution >= 4 is 6.09 Å². The Morgan fingerprint density at radius 2 is 1.90 bits per heavy atom. The molecule has 6 aliphatic rings. The number of benzene rings is 1. The molecule has 4 aliphatic carbocycles. The maximum Gasteiger partial charge on any atom is 0.410 e. The highest BCUT2D eigenvalue weighted by molar-refractivity contribution is 5.68. The maximum absolute atomic E-state index is 13.5. The van der Waals surface area contributed by atoms with Crippen LogP contribution >= 0.6 is 0 Å². The van der Waals surface area contributed by atoms with E-state index in [0.29, 0.717) is 23.9 Å². The van der Waals surface area contributed by atoms with Gasteiger partial charge in [0.05, 0.1) is 17.7 Å². The molecule has 10 atom stereocenters. The summed E-state index contributed by atoms with van der Waals surface area (Å²) in [7, 11) is 0. The molecule has 7 rings (SSSR count). The number of hydrogen-bond acceptors (Lipinski definition) is 3. The summed E-state index contributed by atoms with van der Waals surface area (Å²) in [6.07, 6.45) is 13.8. The van der Waals surface area contributed by atoms with Crippen LogP contribution < -0.4 is 0 Å². The fourth-order valence-corrected chi connectivity index (χ4v) is 10.8. The number of likely N-dealkylation sites (tertiary alicyclic amines) is 1. The van der Waals surface area contributed by atoms with Crippen molar-refractivity contribution in [3.05, 3.63) is 58.7 Å². The van der Waals surface area contributed by atoms with E-state index < -0.39 is 0 Å². The van der Waals surface area contributed by atoms with Gasteiger partial charge < -0.3 is 14.4 Å². The lowest BCUT2D eigenvalue weighted by Crippen LogP contribution is -2.54. The Hall–Kier alpha value is -2.07. The molecule has 2 aliphatic heterocycles. The number of amides is 1. The summed E-state index contributed by atoms with van der Waals surface area (Å²) in [6, 6.07) is 10.1. The van der Waals surface area contributed by atoms with Crippen molar-refractivity contribution in [2.75, 3.05) is 6.54 Å². The number of hydrogen-bond donors (Lipinski definition) is 0. The second-order valence-corrected chi connectivity index (χ2v) is 15.3. The van der Waals surface area contributed by atoms with Crippen LogP contribution in [-0.2, 0) is 16.1 Å². The molecular weight excluding hydrogens is 506 g/mol. The smallest absolute Gasteiger partial charge is 0.410 e. The van der Waals surface area contributed by atoms with E-state index in [1.807, 2.05) is 35.2 Å². The fraction of sp³-hybridized carbons (Fsp3) is 0.703. The van der Waals surface area contributed by atoms with Gasteiger partial charge in [0.25, 0.3) is 0 Å². The van der Waals surface area contributed by atoms with Crippen molar-refractivity contribution in [2.24, 2.45) is 40.9 Å². The summed E-state index contributed by atoms with van der Waals surface area (Å²) in [5.41, 5.74) is 6.37. The summed E-state index contributed by atoms with van der Waals surface area (Å²) in [5.74, 6) is 3.91. The molecule has 2 heterocycles. The zero-order valence-electron chi connectivity index (χ0n) is 26.0. The van der Waals surface area contributed by atoms with Crippen LogP contribution in [0.2, 0.25) is 0 Å². The molecule has 4 heteroatoms. The molecule has 2 saturated carbocycles. The summed E-state index contributed by atoms with van der Waals surface area (Å²) >= 11 is 0. The molecule has 0 radical (unpaired) electrons. The summed E-state index contributed by atoms with van der Waals surface area (Å²) in [4.78, 5) is 15.6. The molecule has 1 amide bonds. The summed E-state index contributed by atoms with van der Waals surface area (Å²) < 4.78 is 13.1. The van der Waals surface area contributed by atoms with Gasteiger partial charge in [-0.1, -0.05) is 73.9 Å². The van der Waals surface area contributed by atoms with Crippen LogP contribution in [0.25, 0.3) is 0 Å². The SMILES string of the molecule is CC1=C[C@H]2CC[C@H]3[C@@H]4CC[C@@]5(CC(C)=C4C[C@@H]3[C@@]2(C)CC1)O[C@@H]1C[C@H](C)CN(C(=O)OCc2ccccc2)[C@H]1[C@H]5C. The van der Waals surface area contributed by atoms with Crippen molar-refractivity contribution in [2.45, 2.75) is 117 Å². The van der Waals surface area contributed by atoms with E-state index in [9.17, 15) is 4.79 Å². The number of piperidine rings is 1. The van der Waals surface area contributed by atoms with Crippen LogP contribution in [0.4, 0.5) is 4.79 Å². The number of carbonyl (C=O) groups excluding carboxylic acids is 1. The Morgan fingerprint density at radius 3 is 2.71 bits per heavy atom. The monoisotopic (exact) mass is 557 g/mol. The Kier molecular flexibility index (Phi) is 6.96. The number of allylic oxidation sites excluding steroid dienone is 3. The summed E-state index contributed by atoms with van der Waals surface area (Å²) in [5, 5.41) is 0. The highest BCUT2D eigenvalue weighted by atomic mass is 16.6. The van der Waals surface area contributed by atoms with Crippen molar-refractivity contribution in [1.29, 1.82) is 0 Å².